The van der Waals surface area contributed by atoms with Crippen LogP contribution in [0.4, 0.5) is 5.69 Å². The van der Waals surface area contributed by atoms with Gasteiger partial charge in [-0.05, 0) is 61.2 Å². The number of benzene rings is 2. The SMILES string of the molecule is COc1ccc(NCc2cccc(C)c2C)cc1C. The van der Waals surface area contributed by atoms with Crippen molar-refractivity contribution < 1.29 is 4.74 Å². The number of aryl methyl sites for hydroxylation is 2. The van der Waals surface area contributed by atoms with Crippen LogP contribution in [0, 0.1) is 20.8 Å². The highest BCUT2D eigenvalue weighted by Gasteiger charge is 2.02. The summed E-state index contributed by atoms with van der Waals surface area (Å²) < 4.78 is 5.27. The fourth-order valence-electron chi connectivity index (χ4n) is 2.19. The zero-order valence-corrected chi connectivity index (χ0v) is 12.1. The van der Waals surface area contributed by atoms with Crippen LogP contribution in [0.15, 0.2) is 36.4 Å². The van der Waals surface area contributed by atoms with E-state index >= 15 is 0 Å². The second-order valence-electron chi connectivity index (χ2n) is 4.90. The third kappa shape index (κ3) is 3.08. The van der Waals surface area contributed by atoms with Crippen molar-refractivity contribution in [2.24, 2.45) is 0 Å². The van der Waals surface area contributed by atoms with E-state index in [4.69, 9.17) is 4.74 Å². The van der Waals surface area contributed by atoms with Gasteiger partial charge in [-0.25, -0.2) is 0 Å². The Morgan fingerprint density at radius 2 is 1.79 bits per heavy atom. The summed E-state index contributed by atoms with van der Waals surface area (Å²) in [6.07, 6.45) is 0. The van der Waals surface area contributed by atoms with Crippen molar-refractivity contribution >= 4 is 5.69 Å². The summed E-state index contributed by atoms with van der Waals surface area (Å²) in [6, 6.07) is 12.6. The third-order valence-corrected chi connectivity index (χ3v) is 3.59. The van der Waals surface area contributed by atoms with Crippen molar-refractivity contribution in [3.63, 3.8) is 0 Å². The zero-order valence-electron chi connectivity index (χ0n) is 12.1. The van der Waals surface area contributed by atoms with E-state index in [-0.39, 0.29) is 0 Å². The number of anilines is 1. The van der Waals surface area contributed by atoms with Gasteiger partial charge >= 0.3 is 0 Å². The molecule has 0 amide bonds. The van der Waals surface area contributed by atoms with E-state index in [0.29, 0.717) is 0 Å². The molecule has 0 aliphatic heterocycles. The predicted molar refractivity (Wildman–Crippen MR) is 81.0 cm³/mol. The molecule has 0 radical (unpaired) electrons. The number of hydrogen-bond acceptors (Lipinski definition) is 2. The third-order valence-electron chi connectivity index (χ3n) is 3.59. The Bertz CT molecular complexity index is 575. The van der Waals surface area contributed by atoms with Gasteiger partial charge in [0.15, 0.2) is 0 Å². The minimum absolute atomic E-state index is 0.847. The smallest absolute Gasteiger partial charge is 0.121 e. The molecule has 2 rings (SSSR count). The summed E-state index contributed by atoms with van der Waals surface area (Å²) in [5.41, 5.74) is 6.31. The van der Waals surface area contributed by atoms with Crippen LogP contribution in [-0.2, 0) is 6.54 Å². The van der Waals surface area contributed by atoms with Crippen LogP contribution in [0.25, 0.3) is 0 Å². The highest BCUT2D eigenvalue weighted by Crippen LogP contribution is 2.22. The molecule has 0 bridgehead atoms. The Hall–Kier alpha value is -1.96. The molecule has 1 N–H and O–H groups in total. The fraction of sp³-hybridized carbons (Fsp3) is 0.294. The van der Waals surface area contributed by atoms with Gasteiger partial charge in [0.2, 0.25) is 0 Å². The Morgan fingerprint density at radius 1 is 1.00 bits per heavy atom. The number of nitrogens with one attached hydrogen (secondary N) is 1. The molecule has 0 unspecified atom stereocenters. The van der Waals surface area contributed by atoms with Gasteiger partial charge in [0, 0.05) is 12.2 Å². The summed E-state index contributed by atoms with van der Waals surface area (Å²) in [6.45, 7) is 7.23. The van der Waals surface area contributed by atoms with Crippen LogP contribution in [0.2, 0.25) is 0 Å². The summed E-state index contributed by atoms with van der Waals surface area (Å²) >= 11 is 0. The van der Waals surface area contributed by atoms with E-state index < -0.39 is 0 Å². The lowest BCUT2D eigenvalue weighted by Gasteiger charge is -2.12. The monoisotopic (exact) mass is 255 g/mol. The molecule has 0 aliphatic carbocycles. The van der Waals surface area contributed by atoms with Crippen LogP contribution in [0.1, 0.15) is 22.3 Å². The molecule has 0 atom stereocenters. The number of hydrogen-bond donors (Lipinski definition) is 1. The molecular formula is C17H21NO. The van der Waals surface area contributed by atoms with Gasteiger partial charge in [-0.15, -0.1) is 0 Å². The molecule has 100 valence electrons. The van der Waals surface area contributed by atoms with Crippen LogP contribution >= 0.6 is 0 Å². The average molecular weight is 255 g/mol. The topological polar surface area (TPSA) is 21.3 Å². The van der Waals surface area contributed by atoms with E-state index in [1.165, 1.54) is 16.7 Å². The van der Waals surface area contributed by atoms with Gasteiger partial charge in [-0.2, -0.15) is 0 Å². The molecule has 0 aromatic heterocycles. The molecule has 2 aromatic rings. The van der Waals surface area contributed by atoms with E-state index in [1.54, 1.807) is 7.11 Å². The van der Waals surface area contributed by atoms with E-state index in [1.807, 2.05) is 6.07 Å². The fourth-order valence-corrected chi connectivity index (χ4v) is 2.19. The Balaban J connectivity index is 2.10. The van der Waals surface area contributed by atoms with Gasteiger partial charge in [-0.1, -0.05) is 18.2 Å². The lowest BCUT2D eigenvalue weighted by molar-refractivity contribution is 0.412. The number of methoxy groups -OCH3 is 1. The first-order valence-electron chi connectivity index (χ1n) is 6.55. The van der Waals surface area contributed by atoms with Crippen molar-refractivity contribution in [2.45, 2.75) is 27.3 Å². The highest BCUT2D eigenvalue weighted by molar-refractivity contribution is 5.51. The predicted octanol–water partition coefficient (Wildman–Crippen LogP) is 4.23. The lowest BCUT2D eigenvalue weighted by atomic mass is 10.0. The van der Waals surface area contributed by atoms with E-state index in [9.17, 15) is 0 Å². The molecule has 0 saturated heterocycles. The van der Waals surface area contributed by atoms with E-state index in [2.05, 4.69) is 56.4 Å². The maximum atomic E-state index is 5.27. The molecule has 0 fully saturated rings. The van der Waals surface area contributed by atoms with Gasteiger partial charge < -0.3 is 10.1 Å². The van der Waals surface area contributed by atoms with Gasteiger partial charge in [-0.3, -0.25) is 0 Å². The molecule has 0 heterocycles. The lowest BCUT2D eigenvalue weighted by Crippen LogP contribution is -2.02. The molecule has 2 heteroatoms. The molecule has 0 aliphatic rings. The summed E-state index contributed by atoms with van der Waals surface area (Å²) in [5, 5.41) is 3.47. The maximum absolute atomic E-state index is 5.27. The number of ether oxygens (including phenoxy) is 1. The summed E-state index contributed by atoms with van der Waals surface area (Å²) in [5.74, 6) is 0.928. The molecular weight excluding hydrogens is 234 g/mol. The first kappa shape index (κ1) is 13.5. The molecule has 2 aromatic carbocycles. The normalized spacial score (nSPS) is 10.3. The van der Waals surface area contributed by atoms with Crippen LogP contribution in [0.5, 0.6) is 5.75 Å². The minimum atomic E-state index is 0.847. The molecule has 0 spiro atoms. The minimum Gasteiger partial charge on any atom is -0.496 e. The first-order valence-corrected chi connectivity index (χ1v) is 6.55. The van der Waals surface area contributed by atoms with Crippen molar-refractivity contribution in [1.82, 2.24) is 0 Å². The van der Waals surface area contributed by atoms with Crippen LogP contribution < -0.4 is 10.1 Å². The summed E-state index contributed by atoms with van der Waals surface area (Å²) in [7, 11) is 1.70. The summed E-state index contributed by atoms with van der Waals surface area (Å²) in [4.78, 5) is 0. The van der Waals surface area contributed by atoms with Crippen molar-refractivity contribution in [1.29, 1.82) is 0 Å². The van der Waals surface area contributed by atoms with Crippen LogP contribution in [0.3, 0.4) is 0 Å². The average Bonchev–Trinajstić information content (AvgIpc) is 2.40. The van der Waals surface area contributed by atoms with Gasteiger partial charge in [0.25, 0.3) is 0 Å². The van der Waals surface area contributed by atoms with Gasteiger partial charge in [0.1, 0.15) is 5.75 Å². The van der Waals surface area contributed by atoms with Gasteiger partial charge in [0.05, 0.1) is 7.11 Å². The quantitative estimate of drug-likeness (QED) is 0.882. The Kier molecular flexibility index (Phi) is 4.10. The molecule has 2 nitrogen and oxygen atoms in total. The molecule has 19 heavy (non-hydrogen) atoms. The maximum Gasteiger partial charge on any atom is 0.121 e. The van der Waals surface area contributed by atoms with E-state index in [0.717, 1.165) is 23.5 Å². The standard InChI is InChI=1S/C17H21NO/c1-12-6-5-7-15(14(12)3)11-18-16-8-9-17(19-4)13(2)10-16/h5-10,18H,11H2,1-4H3. The largest absolute Gasteiger partial charge is 0.496 e. The van der Waals surface area contributed by atoms with Crippen molar-refractivity contribution in [3.8, 4) is 5.75 Å². The van der Waals surface area contributed by atoms with Crippen molar-refractivity contribution in [3.05, 3.63) is 58.7 Å². The zero-order chi connectivity index (χ0) is 13.8. The second kappa shape index (κ2) is 5.79. The van der Waals surface area contributed by atoms with Crippen LogP contribution in [-0.4, -0.2) is 7.11 Å². The second-order valence-corrected chi connectivity index (χ2v) is 4.90. The Labute approximate surface area is 115 Å². The molecule has 0 saturated carbocycles. The van der Waals surface area contributed by atoms with Crippen molar-refractivity contribution in [2.75, 3.05) is 12.4 Å². The first-order chi connectivity index (χ1) is 9.11. The highest BCUT2D eigenvalue weighted by atomic mass is 16.5. The number of rotatable bonds is 4. The Morgan fingerprint density at radius 3 is 2.47 bits per heavy atom.